The fourth-order valence-electron chi connectivity index (χ4n) is 0.308. The minimum atomic E-state index is -0.475. The Hall–Kier alpha value is -0.690. The van der Waals surface area contributed by atoms with Crippen molar-refractivity contribution < 1.29 is 9.53 Å². The fourth-order valence-corrected chi connectivity index (χ4v) is 0.506. The highest BCUT2D eigenvalue weighted by Gasteiger charge is 1.96. The van der Waals surface area contributed by atoms with Gasteiger partial charge in [0.25, 0.3) is 0 Å². The summed E-state index contributed by atoms with van der Waals surface area (Å²) in [4.78, 5) is 10.5. The third-order valence-electron chi connectivity index (χ3n) is 0.650. The third kappa shape index (κ3) is 5.45. The van der Waals surface area contributed by atoms with Crippen LogP contribution in [0.3, 0.4) is 0 Å². The van der Waals surface area contributed by atoms with Crippen molar-refractivity contribution in [1.82, 2.24) is 5.32 Å². The van der Waals surface area contributed by atoms with Crippen molar-refractivity contribution in [3.05, 3.63) is 0 Å². The molecule has 56 valence electrons. The average Bonchev–Trinajstić information content (AvgIpc) is 1.97. The summed E-state index contributed by atoms with van der Waals surface area (Å²) in [7, 11) is 0. The molecule has 1 amide bonds. The largest absolute Gasteiger partial charge is 0.436 e. The number of amides is 1. The van der Waals surface area contributed by atoms with Crippen LogP contribution in [0, 0.1) is 12.3 Å². The molecule has 0 aliphatic rings. The van der Waals surface area contributed by atoms with Gasteiger partial charge >= 0.3 is 6.09 Å². The van der Waals surface area contributed by atoms with Gasteiger partial charge in [-0.15, -0.1) is 6.42 Å². The number of nitrogens with one attached hydrogen (secondary N) is 1. The number of carbonyl (C=O) groups excluding carboxylic acids is 1. The van der Waals surface area contributed by atoms with Gasteiger partial charge < -0.3 is 10.1 Å². The molecular formula is C6H8BrNO2. The van der Waals surface area contributed by atoms with E-state index in [1.807, 2.05) is 0 Å². The van der Waals surface area contributed by atoms with E-state index < -0.39 is 6.09 Å². The Kier molecular flexibility index (Phi) is 5.99. The molecule has 0 saturated heterocycles. The third-order valence-corrected chi connectivity index (χ3v) is 1.05. The average molecular weight is 206 g/mol. The molecule has 0 aromatic rings. The molecule has 1 N–H and O–H groups in total. The van der Waals surface area contributed by atoms with Crippen LogP contribution < -0.4 is 5.32 Å². The van der Waals surface area contributed by atoms with Gasteiger partial charge in [0.2, 0.25) is 0 Å². The predicted molar refractivity (Wildman–Crippen MR) is 42.0 cm³/mol. The molecule has 0 atom stereocenters. The Morgan fingerprint density at radius 1 is 1.80 bits per heavy atom. The summed E-state index contributed by atoms with van der Waals surface area (Å²) in [5.74, 6) is 2.18. The molecule has 4 heteroatoms. The van der Waals surface area contributed by atoms with Crippen LogP contribution in [0.25, 0.3) is 0 Å². The van der Waals surface area contributed by atoms with Crippen LogP contribution in [0.15, 0.2) is 0 Å². The van der Waals surface area contributed by atoms with E-state index in [1.54, 1.807) is 0 Å². The maximum Gasteiger partial charge on any atom is 0.408 e. The quantitative estimate of drug-likeness (QED) is 0.546. The lowest BCUT2D eigenvalue weighted by atomic mass is 10.7. The first kappa shape index (κ1) is 9.31. The summed E-state index contributed by atoms with van der Waals surface area (Å²) in [6, 6.07) is 0. The molecular weight excluding hydrogens is 198 g/mol. The zero-order valence-corrected chi connectivity index (χ0v) is 6.98. The molecule has 0 aliphatic heterocycles. The monoisotopic (exact) mass is 205 g/mol. The van der Waals surface area contributed by atoms with Crippen molar-refractivity contribution in [2.45, 2.75) is 0 Å². The Bertz CT molecular complexity index is 141. The zero-order valence-electron chi connectivity index (χ0n) is 5.39. The molecule has 0 unspecified atom stereocenters. The number of rotatable bonds is 3. The van der Waals surface area contributed by atoms with Crippen molar-refractivity contribution in [1.29, 1.82) is 0 Å². The van der Waals surface area contributed by atoms with Crippen molar-refractivity contribution in [3.63, 3.8) is 0 Å². The van der Waals surface area contributed by atoms with Crippen LogP contribution in [-0.4, -0.2) is 24.6 Å². The van der Waals surface area contributed by atoms with Crippen LogP contribution in [0.1, 0.15) is 0 Å². The number of alkyl halides is 1. The lowest BCUT2D eigenvalue weighted by molar-refractivity contribution is 0.161. The van der Waals surface area contributed by atoms with E-state index in [-0.39, 0.29) is 6.61 Å². The van der Waals surface area contributed by atoms with Crippen LogP contribution >= 0.6 is 15.9 Å². The molecule has 0 rings (SSSR count). The van der Waals surface area contributed by atoms with Crippen LogP contribution in [0.2, 0.25) is 0 Å². The van der Waals surface area contributed by atoms with Gasteiger partial charge in [-0.2, -0.15) is 0 Å². The van der Waals surface area contributed by atoms with E-state index in [4.69, 9.17) is 6.42 Å². The lowest BCUT2D eigenvalue weighted by Crippen LogP contribution is -2.26. The van der Waals surface area contributed by atoms with Crippen LogP contribution in [-0.2, 0) is 4.74 Å². The fraction of sp³-hybridized carbons (Fsp3) is 0.500. The number of hydrogen-bond acceptors (Lipinski definition) is 2. The first-order valence-electron chi connectivity index (χ1n) is 2.71. The number of hydrogen-bond donors (Lipinski definition) is 1. The van der Waals surface area contributed by atoms with Gasteiger partial charge in [-0.25, -0.2) is 4.79 Å². The number of ether oxygens (including phenoxy) is 1. The summed E-state index contributed by atoms with van der Waals surface area (Å²) in [6.07, 6.45) is 4.37. The van der Waals surface area contributed by atoms with E-state index in [2.05, 4.69) is 31.9 Å². The topological polar surface area (TPSA) is 38.3 Å². The van der Waals surface area contributed by atoms with E-state index >= 15 is 0 Å². The van der Waals surface area contributed by atoms with Gasteiger partial charge in [0.1, 0.15) is 0 Å². The summed E-state index contributed by atoms with van der Waals surface area (Å²) in [5, 5.41) is 3.17. The van der Waals surface area contributed by atoms with Gasteiger partial charge in [-0.1, -0.05) is 21.9 Å². The minimum absolute atomic E-state index is 0.0219. The second kappa shape index (κ2) is 6.43. The highest BCUT2D eigenvalue weighted by molar-refractivity contribution is 9.09. The van der Waals surface area contributed by atoms with Gasteiger partial charge in [-0.3, -0.25) is 0 Å². The molecule has 0 aromatic heterocycles. The molecule has 0 aliphatic carbocycles. The maximum absolute atomic E-state index is 10.5. The molecule has 0 saturated carbocycles. The first-order valence-corrected chi connectivity index (χ1v) is 3.83. The predicted octanol–water partition coefficient (Wildman–Crippen LogP) is 0.741. The number of terminal acetylenes is 1. The smallest absolute Gasteiger partial charge is 0.408 e. The summed E-state index contributed by atoms with van der Waals surface area (Å²) < 4.78 is 4.49. The first-order chi connectivity index (χ1) is 4.81. The Balaban J connectivity index is 3.19. The molecule has 0 bridgehead atoms. The van der Waals surface area contributed by atoms with Crippen molar-refractivity contribution >= 4 is 22.0 Å². The van der Waals surface area contributed by atoms with Gasteiger partial charge in [-0.05, 0) is 0 Å². The van der Waals surface area contributed by atoms with Crippen molar-refractivity contribution in [3.8, 4) is 12.3 Å². The Labute approximate surface area is 68.3 Å². The summed E-state index contributed by atoms with van der Waals surface area (Å²) in [5.41, 5.74) is 0. The summed E-state index contributed by atoms with van der Waals surface area (Å²) >= 11 is 3.14. The van der Waals surface area contributed by atoms with E-state index in [0.717, 1.165) is 0 Å². The standard InChI is InChI=1S/C6H8BrNO2/c1-2-5-10-6(9)8-4-3-7/h1H,3-5H2,(H,8,9). The molecule has 3 nitrogen and oxygen atoms in total. The normalized spacial score (nSPS) is 8.00. The van der Waals surface area contributed by atoms with E-state index in [9.17, 15) is 4.79 Å². The molecule has 0 heterocycles. The maximum atomic E-state index is 10.5. The van der Waals surface area contributed by atoms with Gasteiger partial charge in [0, 0.05) is 11.9 Å². The number of alkyl carbamates (subject to hydrolysis) is 1. The second-order valence-corrected chi connectivity index (χ2v) is 2.19. The van der Waals surface area contributed by atoms with Gasteiger partial charge in [0.05, 0.1) is 0 Å². The highest BCUT2D eigenvalue weighted by atomic mass is 79.9. The zero-order chi connectivity index (χ0) is 7.82. The van der Waals surface area contributed by atoms with Gasteiger partial charge in [0.15, 0.2) is 6.61 Å². The summed E-state index contributed by atoms with van der Waals surface area (Å²) in [6.45, 7) is 0.567. The molecule has 10 heavy (non-hydrogen) atoms. The van der Waals surface area contributed by atoms with Crippen molar-refractivity contribution in [2.24, 2.45) is 0 Å². The molecule has 0 fully saturated rings. The lowest BCUT2D eigenvalue weighted by Gasteiger charge is -2.00. The number of halogens is 1. The Morgan fingerprint density at radius 2 is 2.50 bits per heavy atom. The molecule has 0 aromatic carbocycles. The molecule has 0 spiro atoms. The number of carbonyl (C=O) groups is 1. The second-order valence-electron chi connectivity index (χ2n) is 1.40. The SMILES string of the molecule is C#CCOC(=O)NCCBr. The van der Waals surface area contributed by atoms with Crippen molar-refractivity contribution in [2.75, 3.05) is 18.5 Å². The van der Waals surface area contributed by atoms with Crippen LogP contribution in [0.4, 0.5) is 4.79 Å². The van der Waals surface area contributed by atoms with E-state index in [1.165, 1.54) is 0 Å². The Morgan fingerprint density at radius 3 is 3.00 bits per heavy atom. The van der Waals surface area contributed by atoms with Crippen LogP contribution in [0.5, 0.6) is 0 Å². The highest BCUT2D eigenvalue weighted by Crippen LogP contribution is 1.78. The van der Waals surface area contributed by atoms with E-state index in [0.29, 0.717) is 11.9 Å². The molecule has 0 radical (unpaired) electrons. The minimum Gasteiger partial charge on any atom is -0.436 e.